The predicted octanol–water partition coefficient (Wildman–Crippen LogP) is 3.47. The number of methoxy groups -OCH3 is 1. The lowest BCUT2D eigenvalue weighted by molar-refractivity contribution is 0.383. The second-order valence-corrected chi connectivity index (χ2v) is 8.46. The van der Waals surface area contributed by atoms with Gasteiger partial charge in [0.1, 0.15) is 17.3 Å². The van der Waals surface area contributed by atoms with E-state index < -0.39 is 11.6 Å². The van der Waals surface area contributed by atoms with Crippen LogP contribution in [0.25, 0.3) is 17.2 Å². The van der Waals surface area contributed by atoms with Gasteiger partial charge in [-0.25, -0.2) is 23.7 Å². The summed E-state index contributed by atoms with van der Waals surface area (Å²) < 4.78 is 38.4. The Hall–Kier alpha value is -4.47. The Morgan fingerprint density at radius 3 is 2.54 bits per heavy atom. The van der Waals surface area contributed by atoms with Crippen molar-refractivity contribution < 1.29 is 13.5 Å². The Morgan fingerprint density at radius 1 is 1.03 bits per heavy atom. The molecule has 1 aliphatic heterocycles. The maximum atomic E-state index is 15.8. The number of halogens is 2. The zero-order chi connectivity index (χ0) is 25.9. The highest BCUT2D eigenvalue weighted by Crippen LogP contribution is 2.36. The molecule has 0 bridgehead atoms. The van der Waals surface area contributed by atoms with E-state index in [0.29, 0.717) is 40.8 Å². The lowest BCUT2D eigenvalue weighted by Gasteiger charge is -2.26. The number of rotatable bonds is 7. The summed E-state index contributed by atoms with van der Waals surface area (Å²) in [6.07, 6.45) is 13.1. The monoisotopic (exact) mass is 501 g/mol. The number of hydrogen-bond donors (Lipinski definition) is 0. The maximum Gasteiger partial charge on any atom is 0.191 e. The normalized spacial score (nSPS) is 12.6. The molecule has 1 aromatic carbocycles. The molecule has 0 amide bonds. The molecule has 4 aromatic rings. The van der Waals surface area contributed by atoms with Crippen LogP contribution in [0.3, 0.4) is 0 Å². The van der Waals surface area contributed by atoms with E-state index in [1.807, 2.05) is 25.4 Å². The molecule has 4 heterocycles. The van der Waals surface area contributed by atoms with Crippen molar-refractivity contribution in [3.63, 3.8) is 0 Å². The van der Waals surface area contributed by atoms with E-state index in [1.54, 1.807) is 48.5 Å². The minimum atomic E-state index is -0.820. The fourth-order valence-electron chi connectivity index (χ4n) is 4.17. The van der Waals surface area contributed by atoms with Crippen molar-refractivity contribution >= 4 is 11.8 Å². The van der Waals surface area contributed by atoms with Crippen molar-refractivity contribution in [2.45, 2.75) is 26.3 Å². The Bertz CT molecular complexity index is 1570. The highest BCUT2D eigenvalue weighted by molar-refractivity contribution is 5.62. The van der Waals surface area contributed by atoms with Crippen LogP contribution >= 0.6 is 0 Å². The predicted molar refractivity (Wildman–Crippen MR) is 135 cm³/mol. The van der Waals surface area contributed by atoms with Gasteiger partial charge in [0, 0.05) is 43.0 Å². The van der Waals surface area contributed by atoms with Crippen LogP contribution in [0.15, 0.2) is 66.1 Å². The van der Waals surface area contributed by atoms with Gasteiger partial charge in [-0.1, -0.05) is 13.0 Å². The van der Waals surface area contributed by atoms with Gasteiger partial charge in [0.25, 0.3) is 0 Å². The molecule has 10 heteroatoms. The average molecular weight is 502 g/mol. The first-order chi connectivity index (χ1) is 18.0. The molecule has 0 unspecified atom stereocenters. The molecule has 5 rings (SSSR count). The molecule has 0 fully saturated rings. The summed E-state index contributed by atoms with van der Waals surface area (Å²) in [5, 5.41) is 5.48. The van der Waals surface area contributed by atoms with Gasteiger partial charge < -0.3 is 9.64 Å². The molecule has 8 nitrogen and oxygen atoms in total. The lowest BCUT2D eigenvalue weighted by atomic mass is 10.1. The van der Waals surface area contributed by atoms with Crippen molar-refractivity contribution in [3.05, 3.63) is 94.8 Å². The van der Waals surface area contributed by atoms with Crippen LogP contribution < -0.4 is 20.3 Å². The molecule has 37 heavy (non-hydrogen) atoms. The summed E-state index contributed by atoms with van der Waals surface area (Å²) in [6, 6.07) is 4.96. The quantitative estimate of drug-likeness (QED) is 0.386. The van der Waals surface area contributed by atoms with E-state index in [2.05, 4.69) is 20.1 Å². The van der Waals surface area contributed by atoms with Crippen LogP contribution in [0.1, 0.15) is 24.7 Å². The SMILES string of the molecule is CCc1cc(OC)c(F)c(N(Cc2ncccn2)C2=CCC=c3ncc(-c4cnn(C)c4)cc3=N2)c1F. The number of anilines is 1. The molecule has 0 atom stereocenters. The number of nitrogens with zero attached hydrogens (tertiary/aromatic N) is 7. The Balaban J connectivity index is 1.69. The van der Waals surface area contributed by atoms with Crippen LogP contribution in [0.2, 0.25) is 0 Å². The number of hydrogen-bond acceptors (Lipinski definition) is 7. The number of aromatic nitrogens is 5. The van der Waals surface area contributed by atoms with Crippen LogP contribution in [-0.2, 0) is 20.0 Å². The Labute approximate surface area is 212 Å². The number of ether oxygens (including phenoxy) is 1. The first-order valence-corrected chi connectivity index (χ1v) is 11.8. The van der Waals surface area contributed by atoms with Gasteiger partial charge in [0.05, 0.1) is 30.6 Å². The van der Waals surface area contributed by atoms with Crippen LogP contribution in [0.5, 0.6) is 5.75 Å². The average Bonchev–Trinajstić information content (AvgIpc) is 3.23. The molecule has 188 valence electrons. The van der Waals surface area contributed by atoms with E-state index >= 15 is 8.78 Å². The minimum absolute atomic E-state index is 0.00854. The van der Waals surface area contributed by atoms with Crippen molar-refractivity contribution in [3.8, 4) is 16.9 Å². The van der Waals surface area contributed by atoms with Gasteiger partial charge in [-0.15, -0.1) is 0 Å². The smallest absolute Gasteiger partial charge is 0.191 e. The number of aryl methyl sites for hydroxylation is 2. The molecule has 0 saturated carbocycles. The highest BCUT2D eigenvalue weighted by Gasteiger charge is 2.27. The van der Waals surface area contributed by atoms with Gasteiger partial charge in [0.15, 0.2) is 17.4 Å². The van der Waals surface area contributed by atoms with Gasteiger partial charge in [-0.2, -0.15) is 5.10 Å². The van der Waals surface area contributed by atoms with Gasteiger partial charge in [-0.3, -0.25) is 9.67 Å². The molecule has 0 aliphatic carbocycles. The fraction of sp³-hybridized carbons (Fsp3) is 0.222. The number of benzene rings is 1. The first-order valence-electron chi connectivity index (χ1n) is 11.8. The Morgan fingerprint density at radius 2 is 1.84 bits per heavy atom. The molecule has 0 saturated heterocycles. The zero-order valence-corrected chi connectivity index (χ0v) is 20.7. The zero-order valence-electron chi connectivity index (χ0n) is 20.7. The summed E-state index contributed by atoms with van der Waals surface area (Å²) >= 11 is 0. The van der Waals surface area contributed by atoms with Crippen LogP contribution in [0, 0.1) is 11.6 Å². The molecular weight excluding hydrogens is 476 g/mol. The minimum Gasteiger partial charge on any atom is -0.494 e. The van der Waals surface area contributed by atoms with Crippen LogP contribution in [0.4, 0.5) is 14.5 Å². The molecule has 0 radical (unpaired) electrons. The van der Waals surface area contributed by atoms with E-state index in [4.69, 9.17) is 9.73 Å². The second-order valence-electron chi connectivity index (χ2n) is 8.46. The number of allylic oxidation sites excluding steroid dienone is 1. The van der Waals surface area contributed by atoms with E-state index in [9.17, 15) is 0 Å². The topological polar surface area (TPSA) is 81.3 Å². The van der Waals surface area contributed by atoms with E-state index in [-0.39, 0.29) is 18.0 Å². The van der Waals surface area contributed by atoms with Gasteiger partial charge in [0.2, 0.25) is 0 Å². The third kappa shape index (κ3) is 4.82. The largest absolute Gasteiger partial charge is 0.494 e. The molecule has 1 aliphatic rings. The number of fused-ring (bicyclic) bond motifs is 1. The van der Waals surface area contributed by atoms with Crippen LogP contribution in [-0.4, -0.2) is 31.8 Å². The van der Waals surface area contributed by atoms with Gasteiger partial charge in [-0.05, 0) is 42.7 Å². The number of pyridine rings is 1. The standard InChI is InChI=1S/C27H25F2N7O/c1-4-17-12-22(37-3)26(29)27(25(17)28)36(16-23-30-9-6-10-31-23)24-8-5-7-20-21(34-24)11-18(13-32-20)19-14-33-35(2)15-19/h6-15H,4-5,16H2,1-3H3. The lowest BCUT2D eigenvalue weighted by Crippen LogP contribution is -2.31. The molecule has 0 N–H and O–H groups in total. The van der Waals surface area contributed by atoms with Crippen molar-refractivity contribution in [1.82, 2.24) is 24.7 Å². The molecule has 3 aromatic heterocycles. The highest BCUT2D eigenvalue weighted by atomic mass is 19.1. The summed E-state index contributed by atoms with van der Waals surface area (Å²) in [6.45, 7) is 1.79. The molecular formula is C27H25F2N7O. The van der Waals surface area contributed by atoms with Crippen molar-refractivity contribution in [2.24, 2.45) is 12.0 Å². The summed E-state index contributed by atoms with van der Waals surface area (Å²) in [5.41, 5.74) is 1.78. The van der Waals surface area contributed by atoms with Gasteiger partial charge >= 0.3 is 0 Å². The van der Waals surface area contributed by atoms with Crippen molar-refractivity contribution in [1.29, 1.82) is 0 Å². The molecule has 0 spiro atoms. The maximum absolute atomic E-state index is 15.8. The van der Waals surface area contributed by atoms with E-state index in [1.165, 1.54) is 18.1 Å². The summed E-state index contributed by atoms with van der Waals surface area (Å²) in [7, 11) is 3.20. The van der Waals surface area contributed by atoms with Crippen molar-refractivity contribution in [2.75, 3.05) is 12.0 Å². The van der Waals surface area contributed by atoms with E-state index in [0.717, 1.165) is 11.1 Å². The summed E-state index contributed by atoms with van der Waals surface area (Å²) in [4.78, 5) is 19.4. The Kier molecular flexibility index (Phi) is 6.72. The fourth-order valence-corrected chi connectivity index (χ4v) is 4.17. The second kappa shape index (κ2) is 10.3. The summed E-state index contributed by atoms with van der Waals surface area (Å²) in [5.74, 6) is -0.813. The third-order valence-electron chi connectivity index (χ3n) is 6.07. The third-order valence-corrected chi connectivity index (χ3v) is 6.07. The first kappa shape index (κ1) is 24.2.